The Morgan fingerprint density at radius 2 is 1.76 bits per heavy atom. The maximum Gasteiger partial charge on any atom is 0.413 e. The number of rotatable bonds is 4. The predicted molar refractivity (Wildman–Crippen MR) is 82.8 cm³/mol. The molecule has 0 bridgehead atoms. The summed E-state index contributed by atoms with van der Waals surface area (Å²) in [6.07, 6.45) is -0.405. The first-order valence-corrected chi connectivity index (χ1v) is 6.71. The van der Waals surface area contributed by atoms with Crippen molar-refractivity contribution in [3.05, 3.63) is 59.7 Å². The molecule has 0 heterocycles. The molecule has 110 valence electrons. The van der Waals surface area contributed by atoms with Crippen LogP contribution >= 0.6 is 0 Å². The minimum Gasteiger partial charge on any atom is -0.489 e. The molecule has 0 unspecified atom stereocenters. The van der Waals surface area contributed by atoms with Crippen LogP contribution < -0.4 is 9.64 Å². The van der Waals surface area contributed by atoms with Crippen LogP contribution in [0.25, 0.3) is 0 Å². The van der Waals surface area contributed by atoms with Crippen LogP contribution in [0, 0.1) is 6.92 Å². The van der Waals surface area contributed by atoms with Crippen LogP contribution in [0.5, 0.6) is 5.75 Å². The van der Waals surface area contributed by atoms with Crippen LogP contribution in [0.2, 0.25) is 0 Å². The first kappa shape index (κ1) is 14.9. The highest BCUT2D eigenvalue weighted by Gasteiger charge is 2.14. The number of carbonyl (C=O) groups excluding carboxylic acids is 1. The molecule has 0 spiro atoms. The molecule has 4 nitrogen and oxygen atoms in total. The number of carbonyl (C=O) groups is 1. The molecular weight excluding hydrogens is 266 g/mol. The van der Waals surface area contributed by atoms with Crippen molar-refractivity contribution in [2.24, 2.45) is 0 Å². The SMILES string of the molecule is COC(=O)N(C)c1ccccc1COc1ccc(C)cc1. The van der Waals surface area contributed by atoms with Crippen LogP contribution in [-0.2, 0) is 11.3 Å². The van der Waals surface area contributed by atoms with Gasteiger partial charge in [-0.1, -0.05) is 35.9 Å². The predicted octanol–water partition coefficient (Wildman–Crippen LogP) is 3.78. The standard InChI is InChI=1S/C17H19NO3/c1-13-8-10-15(11-9-13)21-12-14-6-4-5-7-16(14)18(2)17(19)20-3/h4-11H,12H2,1-3H3. The maximum absolute atomic E-state index is 11.6. The number of ether oxygens (including phenoxy) is 2. The molecule has 0 saturated heterocycles. The highest BCUT2D eigenvalue weighted by molar-refractivity contribution is 5.87. The van der Waals surface area contributed by atoms with Crippen LogP contribution in [0.1, 0.15) is 11.1 Å². The zero-order valence-corrected chi connectivity index (χ0v) is 12.5. The van der Waals surface area contributed by atoms with Gasteiger partial charge in [0.15, 0.2) is 0 Å². The van der Waals surface area contributed by atoms with Crippen molar-refractivity contribution in [1.82, 2.24) is 0 Å². The van der Waals surface area contributed by atoms with Crippen molar-refractivity contribution < 1.29 is 14.3 Å². The van der Waals surface area contributed by atoms with Gasteiger partial charge in [-0.15, -0.1) is 0 Å². The fraction of sp³-hybridized carbons (Fsp3) is 0.235. The number of amides is 1. The maximum atomic E-state index is 11.6. The van der Waals surface area contributed by atoms with Gasteiger partial charge in [-0.25, -0.2) is 4.79 Å². The van der Waals surface area contributed by atoms with E-state index >= 15 is 0 Å². The van der Waals surface area contributed by atoms with Crippen LogP contribution in [-0.4, -0.2) is 20.3 Å². The number of para-hydroxylation sites is 1. The molecular formula is C17H19NO3. The molecule has 0 radical (unpaired) electrons. The second-order valence-corrected chi connectivity index (χ2v) is 4.76. The average Bonchev–Trinajstić information content (AvgIpc) is 2.53. The summed E-state index contributed by atoms with van der Waals surface area (Å²) in [5.74, 6) is 0.802. The van der Waals surface area contributed by atoms with Gasteiger partial charge in [0, 0.05) is 12.6 Å². The quantitative estimate of drug-likeness (QED) is 0.858. The van der Waals surface area contributed by atoms with Gasteiger partial charge < -0.3 is 9.47 Å². The van der Waals surface area contributed by atoms with Gasteiger partial charge >= 0.3 is 6.09 Å². The Balaban J connectivity index is 2.13. The summed E-state index contributed by atoms with van der Waals surface area (Å²) < 4.78 is 10.5. The molecule has 0 N–H and O–H groups in total. The minimum absolute atomic E-state index is 0.389. The fourth-order valence-corrected chi connectivity index (χ4v) is 1.99. The first-order chi connectivity index (χ1) is 10.1. The molecule has 0 aliphatic rings. The van der Waals surface area contributed by atoms with E-state index in [0.29, 0.717) is 6.61 Å². The van der Waals surface area contributed by atoms with Crippen molar-refractivity contribution in [3.8, 4) is 5.75 Å². The highest BCUT2D eigenvalue weighted by atomic mass is 16.5. The zero-order valence-electron chi connectivity index (χ0n) is 12.5. The number of anilines is 1. The Kier molecular flexibility index (Phi) is 4.82. The van der Waals surface area contributed by atoms with E-state index < -0.39 is 6.09 Å². The Bertz CT molecular complexity index is 608. The van der Waals surface area contributed by atoms with Crippen LogP contribution in [0.3, 0.4) is 0 Å². The Morgan fingerprint density at radius 1 is 1.10 bits per heavy atom. The van der Waals surface area contributed by atoms with Gasteiger partial charge in [-0.2, -0.15) is 0 Å². The van der Waals surface area contributed by atoms with Gasteiger partial charge in [-0.05, 0) is 25.1 Å². The van der Waals surface area contributed by atoms with Gasteiger partial charge in [0.25, 0.3) is 0 Å². The van der Waals surface area contributed by atoms with Crippen LogP contribution in [0.15, 0.2) is 48.5 Å². The monoisotopic (exact) mass is 285 g/mol. The smallest absolute Gasteiger partial charge is 0.413 e. The first-order valence-electron chi connectivity index (χ1n) is 6.71. The molecule has 0 atom stereocenters. The number of methoxy groups -OCH3 is 1. The lowest BCUT2D eigenvalue weighted by Gasteiger charge is -2.19. The fourth-order valence-electron chi connectivity index (χ4n) is 1.99. The van der Waals surface area contributed by atoms with E-state index in [1.54, 1.807) is 7.05 Å². The van der Waals surface area contributed by atoms with Gasteiger partial charge in [0.2, 0.25) is 0 Å². The summed E-state index contributed by atoms with van der Waals surface area (Å²) >= 11 is 0. The second-order valence-electron chi connectivity index (χ2n) is 4.76. The van der Waals surface area contributed by atoms with Crippen LogP contribution in [0.4, 0.5) is 10.5 Å². The molecule has 21 heavy (non-hydrogen) atoms. The highest BCUT2D eigenvalue weighted by Crippen LogP contribution is 2.22. The Hall–Kier alpha value is -2.49. The molecule has 0 aromatic heterocycles. The number of hydrogen-bond acceptors (Lipinski definition) is 3. The molecule has 0 saturated carbocycles. The molecule has 2 aromatic rings. The normalized spacial score (nSPS) is 10.0. The van der Waals surface area contributed by atoms with E-state index in [4.69, 9.17) is 9.47 Å². The van der Waals surface area contributed by atoms with Crippen molar-refractivity contribution in [3.63, 3.8) is 0 Å². The zero-order chi connectivity index (χ0) is 15.2. The third kappa shape index (κ3) is 3.75. The molecule has 0 fully saturated rings. The second kappa shape index (κ2) is 6.79. The van der Waals surface area contributed by atoms with Gasteiger partial charge in [0.05, 0.1) is 12.8 Å². The summed E-state index contributed by atoms with van der Waals surface area (Å²) in [6, 6.07) is 15.5. The third-order valence-corrected chi connectivity index (χ3v) is 3.22. The molecule has 1 amide bonds. The summed E-state index contributed by atoms with van der Waals surface area (Å²) in [4.78, 5) is 13.1. The Labute approximate surface area is 124 Å². The average molecular weight is 285 g/mol. The minimum atomic E-state index is -0.405. The van der Waals surface area contributed by atoms with Crippen molar-refractivity contribution >= 4 is 11.8 Å². The lowest BCUT2D eigenvalue weighted by atomic mass is 10.2. The molecule has 4 heteroatoms. The number of nitrogens with zero attached hydrogens (tertiary/aromatic N) is 1. The number of aryl methyl sites for hydroxylation is 1. The topological polar surface area (TPSA) is 38.8 Å². The van der Waals surface area contributed by atoms with Gasteiger partial charge in [-0.3, -0.25) is 4.90 Å². The molecule has 2 rings (SSSR count). The van der Waals surface area contributed by atoms with E-state index in [1.165, 1.54) is 17.6 Å². The van der Waals surface area contributed by atoms with Crippen molar-refractivity contribution in [1.29, 1.82) is 0 Å². The van der Waals surface area contributed by atoms with E-state index in [2.05, 4.69) is 0 Å². The summed E-state index contributed by atoms with van der Waals surface area (Å²) in [5.41, 5.74) is 2.88. The van der Waals surface area contributed by atoms with Crippen molar-refractivity contribution in [2.75, 3.05) is 19.1 Å². The van der Waals surface area contributed by atoms with E-state index in [-0.39, 0.29) is 0 Å². The lowest BCUT2D eigenvalue weighted by molar-refractivity contribution is 0.180. The lowest BCUT2D eigenvalue weighted by Crippen LogP contribution is -2.27. The van der Waals surface area contributed by atoms with E-state index in [0.717, 1.165) is 17.0 Å². The number of hydrogen-bond donors (Lipinski definition) is 0. The van der Waals surface area contributed by atoms with E-state index in [9.17, 15) is 4.79 Å². The summed E-state index contributed by atoms with van der Waals surface area (Å²) in [5, 5.41) is 0. The van der Waals surface area contributed by atoms with E-state index in [1.807, 2.05) is 55.5 Å². The van der Waals surface area contributed by atoms with Gasteiger partial charge in [0.1, 0.15) is 12.4 Å². The number of benzene rings is 2. The summed E-state index contributed by atoms with van der Waals surface area (Å²) in [6.45, 7) is 2.42. The Morgan fingerprint density at radius 3 is 2.43 bits per heavy atom. The molecule has 2 aromatic carbocycles. The van der Waals surface area contributed by atoms with Crippen molar-refractivity contribution in [2.45, 2.75) is 13.5 Å². The molecule has 0 aliphatic heterocycles. The third-order valence-electron chi connectivity index (χ3n) is 3.22. The molecule has 0 aliphatic carbocycles. The largest absolute Gasteiger partial charge is 0.489 e. The summed E-state index contributed by atoms with van der Waals surface area (Å²) in [7, 11) is 3.04.